The van der Waals surface area contributed by atoms with Crippen molar-refractivity contribution < 1.29 is 14.3 Å². The normalized spacial score (nSPS) is 14.9. The smallest absolute Gasteiger partial charge is 0.251 e. The quantitative estimate of drug-likeness (QED) is 0.709. The van der Waals surface area contributed by atoms with Gasteiger partial charge in [-0.25, -0.2) is 4.68 Å². The SMILES string of the molecule is C[C@H](NC(=O)c1cccc(-n2nccc2-c2ccccc2)c1)C(=O)N1CCOCC1. The summed E-state index contributed by atoms with van der Waals surface area (Å²) in [4.78, 5) is 27.1. The molecule has 0 radical (unpaired) electrons. The number of carbonyl (C=O) groups is 2. The van der Waals surface area contributed by atoms with Gasteiger partial charge in [0.2, 0.25) is 5.91 Å². The van der Waals surface area contributed by atoms with Crippen molar-refractivity contribution in [3.63, 3.8) is 0 Å². The Morgan fingerprint density at radius 2 is 1.80 bits per heavy atom. The number of benzene rings is 2. The molecule has 0 spiro atoms. The summed E-state index contributed by atoms with van der Waals surface area (Å²) in [5, 5.41) is 7.24. The van der Waals surface area contributed by atoms with E-state index in [2.05, 4.69) is 10.4 Å². The highest BCUT2D eigenvalue weighted by molar-refractivity contribution is 5.97. The van der Waals surface area contributed by atoms with Crippen LogP contribution < -0.4 is 5.32 Å². The molecule has 2 aromatic carbocycles. The third kappa shape index (κ3) is 4.26. The second-order valence-electron chi connectivity index (χ2n) is 7.18. The summed E-state index contributed by atoms with van der Waals surface area (Å²) in [5.74, 6) is -0.388. The Hall–Kier alpha value is -3.45. The van der Waals surface area contributed by atoms with E-state index in [4.69, 9.17) is 4.74 Å². The minimum Gasteiger partial charge on any atom is -0.378 e. The summed E-state index contributed by atoms with van der Waals surface area (Å²) in [7, 11) is 0. The van der Waals surface area contributed by atoms with Gasteiger partial charge in [-0.1, -0.05) is 36.4 Å². The Morgan fingerprint density at radius 3 is 2.57 bits per heavy atom. The topological polar surface area (TPSA) is 76.5 Å². The molecule has 1 aliphatic rings. The van der Waals surface area contributed by atoms with Crippen LogP contribution >= 0.6 is 0 Å². The number of hydrogen-bond acceptors (Lipinski definition) is 4. The number of morpholine rings is 1. The highest BCUT2D eigenvalue weighted by atomic mass is 16.5. The van der Waals surface area contributed by atoms with Crippen molar-refractivity contribution in [3.05, 3.63) is 72.4 Å². The molecule has 3 aromatic rings. The zero-order valence-corrected chi connectivity index (χ0v) is 16.8. The Morgan fingerprint density at radius 1 is 1.03 bits per heavy atom. The predicted molar refractivity (Wildman–Crippen MR) is 113 cm³/mol. The Labute approximate surface area is 175 Å². The first kappa shape index (κ1) is 19.8. The second-order valence-corrected chi connectivity index (χ2v) is 7.18. The van der Waals surface area contributed by atoms with Crippen molar-refractivity contribution in [2.24, 2.45) is 0 Å². The Kier molecular flexibility index (Phi) is 5.90. The minimum absolute atomic E-state index is 0.0961. The van der Waals surface area contributed by atoms with Crippen LogP contribution in [0.1, 0.15) is 17.3 Å². The zero-order valence-electron chi connectivity index (χ0n) is 16.8. The average molecular weight is 404 g/mol. The van der Waals surface area contributed by atoms with Gasteiger partial charge in [0.1, 0.15) is 6.04 Å². The summed E-state index contributed by atoms with van der Waals surface area (Å²) in [5.41, 5.74) is 3.22. The fourth-order valence-electron chi connectivity index (χ4n) is 3.51. The Bertz CT molecular complexity index is 1030. The standard InChI is InChI=1S/C23H24N4O3/c1-17(23(29)26-12-14-30-15-13-26)25-22(28)19-8-5-9-20(16-19)27-21(10-11-24-27)18-6-3-2-4-7-18/h2-11,16-17H,12-15H2,1H3,(H,25,28)/t17-/m0/s1. The summed E-state index contributed by atoms with van der Waals surface area (Å²) in [6.07, 6.45) is 1.73. The van der Waals surface area contributed by atoms with E-state index in [1.807, 2.05) is 48.5 Å². The molecule has 7 heteroatoms. The first-order chi connectivity index (χ1) is 14.6. The number of hydrogen-bond donors (Lipinski definition) is 1. The molecule has 1 aromatic heterocycles. The van der Waals surface area contributed by atoms with E-state index in [1.165, 1.54) is 0 Å². The molecular weight excluding hydrogens is 380 g/mol. The largest absolute Gasteiger partial charge is 0.378 e. The first-order valence-corrected chi connectivity index (χ1v) is 10.0. The van der Waals surface area contributed by atoms with Gasteiger partial charge >= 0.3 is 0 Å². The van der Waals surface area contributed by atoms with Crippen molar-refractivity contribution >= 4 is 11.8 Å². The van der Waals surface area contributed by atoms with Gasteiger partial charge in [-0.2, -0.15) is 5.10 Å². The molecule has 30 heavy (non-hydrogen) atoms. The molecule has 2 amide bonds. The van der Waals surface area contributed by atoms with Gasteiger partial charge < -0.3 is 15.0 Å². The van der Waals surface area contributed by atoms with E-state index in [9.17, 15) is 9.59 Å². The number of nitrogens with zero attached hydrogens (tertiary/aromatic N) is 3. The van der Waals surface area contributed by atoms with Crippen LogP contribution in [0.4, 0.5) is 0 Å². The summed E-state index contributed by atoms with van der Waals surface area (Å²) < 4.78 is 7.08. The molecule has 0 aliphatic carbocycles. The van der Waals surface area contributed by atoms with Crippen LogP contribution in [0.15, 0.2) is 66.9 Å². The maximum absolute atomic E-state index is 12.8. The van der Waals surface area contributed by atoms with Crippen molar-refractivity contribution in [1.29, 1.82) is 0 Å². The highest BCUT2D eigenvalue weighted by Gasteiger charge is 2.24. The van der Waals surface area contributed by atoms with Gasteiger partial charge in [0.25, 0.3) is 5.91 Å². The van der Waals surface area contributed by atoms with Crippen LogP contribution in [0.2, 0.25) is 0 Å². The van der Waals surface area contributed by atoms with Crippen LogP contribution in [0.25, 0.3) is 16.9 Å². The number of carbonyl (C=O) groups excluding carboxylic acids is 2. The molecule has 2 heterocycles. The maximum Gasteiger partial charge on any atom is 0.251 e. The van der Waals surface area contributed by atoms with E-state index >= 15 is 0 Å². The van der Waals surface area contributed by atoms with Crippen LogP contribution in [0.3, 0.4) is 0 Å². The van der Waals surface area contributed by atoms with E-state index in [-0.39, 0.29) is 11.8 Å². The minimum atomic E-state index is -0.608. The molecule has 0 unspecified atom stereocenters. The average Bonchev–Trinajstić information content (AvgIpc) is 3.30. The molecule has 1 fully saturated rings. The van der Waals surface area contributed by atoms with E-state index in [0.717, 1.165) is 16.9 Å². The van der Waals surface area contributed by atoms with Gasteiger partial charge in [0.05, 0.1) is 30.8 Å². The summed E-state index contributed by atoms with van der Waals surface area (Å²) >= 11 is 0. The van der Waals surface area contributed by atoms with Crippen molar-refractivity contribution in [1.82, 2.24) is 20.0 Å². The summed E-state index contributed by atoms with van der Waals surface area (Å²) in [6, 6.07) is 18.5. The van der Waals surface area contributed by atoms with Gasteiger partial charge in [-0.05, 0) is 31.2 Å². The molecular formula is C23H24N4O3. The number of rotatable bonds is 5. The molecule has 1 N–H and O–H groups in total. The fraction of sp³-hybridized carbons (Fsp3) is 0.261. The van der Waals surface area contributed by atoms with Crippen molar-refractivity contribution in [2.45, 2.75) is 13.0 Å². The molecule has 154 valence electrons. The molecule has 7 nitrogen and oxygen atoms in total. The van der Waals surface area contributed by atoms with E-state index < -0.39 is 6.04 Å². The van der Waals surface area contributed by atoms with E-state index in [0.29, 0.717) is 31.9 Å². The fourth-order valence-corrected chi connectivity index (χ4v) is 3.51. The first-order valence-electron chi connectivity index (χ1n) is 10.0. The van der Waals surface area contributed by atoms with E-state index in [1.54, 1.807) is 34.8 Å². The molecule has 1 saturated heterocycles. The Balaban J connectivity index is 1.51. The van der Waals surface area contributed by atoms with Gasteiger partial charge in [-0.15, -0.1) is 0 Å². The lowest BCUT2D eigenvalue weighted by molar-refractivity contribution is -0.136. The zero-order chi connectivity index (χ0) is 20.9. The monoisotopic (exact) mass is 404 g/mol. The molecule has 0 saturated carbocycles. The van der Waals surface area contributed by atoms with Crippen LogP contribution in [-0.4, -0.2) is 58.8 Å². The maximum atomic E-state index is 12.8. The molecule has 1 atom stereocenters. The van der Waals surface area contributed by atoms with Gasteiger partial charge in [0.15, 0.2) is 0 Å². The van der Waals surface area contributed by atoms with Crippen molar-refractivity contribution in [3.8, 4) is 16.9 Å². The number of ether oxygens (including phenoxy) is 1. The molecule has 4 rings (SSSR count). The summed E-state index contributed by atoms with van der Waals surface area (Å²) in [6.45, 7) is 3.87. The van der Waals surface area contributed by atoms with Gasteiger partial charge in [-0.3, -0.25) is 9.59 Å². The third-order valence-corrected chi connectivity index (χ3v) is 5.11. The number of aromatic nitrogens is 2. The lowest BCUT2D eigenvalue weighted by atomic mass is 10.1. The second kappa shape index (κ2) is 8.92. The lowest BCUT2D eigenvalue weighted by Crippen LogP contribution is -2.50. The van der Waals surface area contributed by atoms with Crippen LogP contribution in [-0.2, 0) is 9.53 Å². The number of nitrogens with one attached hydrogen (secondary N) is 1. The van der Waals surface area contributed by atoms with Crippen LogP contribution in [0, 0.1) is 0 Å². The van der Waals surface area contributed by atoms with Crippen molar-refractivity contribution in [2.75, 3.05) is 26.3 Å². The molecule has 0 bridgehead atoms. The number of amides is 2. The van der Waals surface area contributed by atoms with Gasteiger partial charge in [0, 0.05) is 24.2 Å². The highest BCUT2D eigenvalue weighted by Crippen LogP contribution is 2.22. The van der Waals surface area contributed by atoms with Crippen LogP contribution in [0.5, 0.6) is 0 Å². The lowest BCUT2D eigenvalue weighted by Gasteiger charge is -2.29. The predicted octanol–water partition coefficient (Wildman–Crippen LogP) is 2.52. The molecule has 1 aliphatic heterocycles. The third-order valence-electron chi connectivity index (χ3n) is 5.11.